The molecule has 2 nitrogen and oxygen atoms in total. The third-order valence-corrected chi connectivity index (χ3v) is 11.2. The lowest BCUT2D eigenvalue weighted by atomic mass is 9.47. The van der Waals surface area contributed by atoms with E-state index < -0.39 is 0 Å². The lowest BCUT2D eigenvalue weighted by Gasteiger charge is -2.60. The molecule has 5 aliphatic rings. The van der Waals surface area contributed by atoms with Crippen LogP contribution in [0.2, 0.25) is 0 Å². The second-order valence-corrected chi connectivity index (χ2v) is 14.0. The van der Waals surface area contributed by atoms with Gasteiger partial charge < -0.3 is 9.47 Å². The molecule has 0 aromatic heterocycles. The van der Waals surface area contributed by atoms with E-state index in [1.807, 2.05) is 5.57 Å². The average molecular weight is 514 g/mol. The van der Waals surface area contributed by atoms with Gasteiger partial charge in [-0.1, -0.05) is 73.0 Å². The Morgan fingerprint density at radius 1 is 0.970 bits per heavy atom. The van der Waals surface area contributed by atoms with Crippen molar-refractivity contribution in [2.45, 2.75) is 90.8 Å². The fraction of sp³-hybridized carbons (Fsp3) is 0.733. The molecular weight excluding hydrogens is 472 g/mol. The molecule has 5 atom stereocenters. The molecule has 4 aliphatic carbocycles. The number of hydrogen-bond acceptors (Lipinski definition) is 2. The normalized spacial score (nSPS) is 41.1. The van der Waals surface area contributed by atoms with E-state index in [9.17, 15) is 0 Å². The molecule has 0 amide bonds. The molecule has 0 N–H and O–H groups in total. The van der Waals surface area contributed by atoms with E-state index in [4.69, 9.17) is 9.47 Å². The Morgan fingerprint density at radius 2 is 1.76 bits per heavy atom. The molecule has 1 aromatic rings. The van der Waals surface area contributed by atoms with Crippen LogP contribution in [0.1, 0.15) is 84.1 Å². The first-order valence-electron chi connectivity index (χ1n) is 13.5. The van der Waals surface area contributed by atoms with Crippen LogP contribution in [0.15, 0.2) is 40.4 Å². The number of fused-ring (bicyclic) bond motifs is 5. The summed E-state index contributed by atoms with van der Waals surface area (Å²) in [4.78, 5) is 0. The molecule has 1 aliphatic heterocycles. The van der Waals surface area contributed by atoms with Crippen LogP contribution in [-0.4, -0.2) is 19.0 Å². The van der Waals surface area contributed by atoms with Crippen LogP contribution in [-0.2, 0) is 15.9 Å². The molecule has 1 spiro atoms. The third-order valence-electron chi connectivity index (χ3n) is 10.4. The standard InChI is InChI=1S/C30H41BrO2/c1-27(2)19-32-30(33-20-27)16-15-29(17-21-7-4-5-9-26(21)31)22(18-30)10-11-23-24-8-6-13-28(24,3)14-12-25(23)29/h4-5,7,9,12,22-24H,6,8,10-11,13-20H2,1-3H3/t22-,23-,24-,28-,29+/m0/s1. The highest BCUT2D eigenvalue weighted by atomic mass is 79.9. The minimum absolute atomic E-state index is 0.130. The second-order valence-electron chi connectivity index (χ2n) is 13.2. The molecule has 33 heavy (non-hydrogen) atoms. The van der Waals surface area contributed by atoms with Crippen molar-refractivity contribution in [1.29, 1.82) is 0 Å². The summed E-state index contributed by atoms with van der Waals surface area (Å²) in [5.41, 5.74) is 4.26. The van der Waals surface area contributed by atoms with Crippen molar-refractivity contribution in [3.8, 4) is 0 Å². The Bertz CT molecular complexity index is 940. The Labute approximate surface area is 209 Å². The number of halogens is 1. The lowest BCUT2D eigenvalue weighted by molar-refractivity contribution is -0.324. The van der Waals surface area contributed by atoms with Crippen molar-refractivity contribution in [3.63, 3.8) is 0 Å². The molecule has 6 rings (SSSR count). The smallest absolute Gasteiger partial charge is 0.168 e. The number of hydrogen-bond donors (Lipinski definition) is 0. The Hall–Kier alpha value is -0.640. The number of rotatable bonds is 2. The molecule has 0 unspecified atom stereocenters. The van der Waals surface area contributed by atoms with Gasteiger partial charge in [-0.05, 0) is 85.2 Å². The molecule has 180 valence electrons. The van der Waals surface area contributed by atoms with Gasteiger partial charge in [-0.3, -0.25) is 0 Å². The largest absolute Gasteiger partial charge is 0.349 e. The SMILES string of the molecule is CC1(C)COC2(CC[C@]3(Cc4ccccc4Br)C4=CC[C@]5(C)CCC[C@H]5[C@@H]4CC[C@H]3C2)OC1. The summed E-state index contributed by atoms with van der Waals surface area (Å²) in [6.45, 7) is 8.75. The van der Waals surface area contributed by atoms with Gasteiger partial charge in [-0.15, -0.1) is 0 Å². The first-order valence-corrected chi connectivity index (χ1v) is 14.3. The number of ether oxygens (including phenoxy) is 2. The Kier molecular flexibility index (Phi) is 5.48. The van der Waals surface area contributed by atoms with Gasteiger partial charge in [-0.2, -0.15) is 0 Å². The van der Waals surface area contributed by atoms with Crippen molar-refractivity contribution >= 4 is 15.9 Å². The van der Waals surface area contributed by atoms with Crippen LogP contribution in [0.4, 0.5) is 0 Å². The van der Waals surface area contributed by atoms with Gasteiger partial charge in [0.15, 0.2) is 5.79 Å². The second kappa shape index (κ2) is 7.93. The van der Waals surface area contributed by atoms with Crippen LogP contribution >= 0.6 is 15.9 Å². The lowest BCUT2D eigenvalue weighted by Crippen LogP contribution is -2.57. The van der Waals surface area contributed by atoms with Crippen molar-refractivity contribution in [1.82, 2.24) is 0 Å². The van der Waals surface area contributed by atoms with E-state index in [2.05, 4.69) is 67.0 Å². The molecule has 1 heterocycles. The highest BCUT2D eigenvalue weighted by molar-refractivity contribution is 9.10. The van der Waals surface area contributed by atoms with E-state index >= 15 is 0 Å². The van der Waals surface area contributed by atoms with Crippen molar-refractivity contribution < 1.29 is 9.47 Å². The zero-order valence-electron chi connectivity index (χ0n) is 20.8. The van der Waals surface area contributed by atoms with E-state index in [0.29, 0.717) is 11.3 Å². The summed E-state index contributed by atoms with van der Waals surface area (Å²) in [6.07, 6.45) is 15.5. The van der Waals surface area contributed by atoms with Crippen molar-refractivity contribution in [2.24, 2.45) is 34.0 Å². The predicted octanol–water partition coefficient (Wildman–Crippen LogP) is 8.09. The van der Waals surface area contributed by atoms with Gasteiger partial charge in [0.25, 0.3) is 0 Å². The summed E-state index contributed by atoms with van der Waals surface area (Å²) >= 11 is 3.89. The zero-order chi connectivity index (χ0) is 22.9. The Morgan fingerprint density at radius 3 is 2.55 bits per heavy atom. The van der Waals surface area contributed by atoms with E-state index in [0.717, 1.165) is 44.3 Å². The fourth-order valence-corrected chi connectivity index (χ4v) is 9.01. The fourth-order valence-electron chi connectivity index (χ4n) is 8.59. The Balaban J connectivity index is 1.37. The minimum Gasteiger partial charge on any atom is -0.349 e. The third kappa shape index (κ3) is 3.71. The monoisotopic (exact) mass is 512 g/mol. The van der Waals surface area contributed by atoms with E-state index in [1.54, 1.807) is 0 Å². The quantitative estimate of drug-likeness (QED) is 0.372. The summed E-state index contributed by atoms with van der Waals surface area (Å²) in [6, 6.07) is 8.94. The summed E-state index contributed by atoms with van der Waals surface area (Å²) in [7, 11) is 0. The molecule has 3 saturated carbocycles. The first kappa shape index (κ1) is 22.8. The summed E-state index contributed by atoms with van der Waals surface area (Å²) in [5, 5.41) is 0. The summed E-state index contributed by atoms with van der Waals surface area (Å²) < 4.78 is 14.4. The molecule has 1 aromatic carbocycles. The maximum Gasteiger partial charge on any atom is 0.168 e. The molecular formula is C30H41BrO2. The molecule has 0 bridgehead atoms. The predicted molar refractivity (Wildman–Crippen MR) is 137 cm³/mol. The van der Waals surface area contributed by atoms with Gasteiger partial charge in [0.2, 0.25) is 0 Å². The van der Waals surface area contributed by atoms with Gasteiger partial charge in [0, 0.05) is 22.7 Å². The van der Waals surface area contributed by atoms with Gasteiger partial charge in [-0.25, -0.2) is 0 Å². The highest BCUT2D eigenvalue weighted by Gasteiger charge is 2.59. The number of benzene rings is 1. The maximum absolute atomic E-state index is 6.56. The van der Waals surface area contributed by atoms with Crippen LogP contribution in [0.25, 0.3) is 0 Å². The summed E-state index contributed by atoms with van der Waals surface area (Å²) in [5.74, 6) is 1.99. The molecule has 1 saturated heterocycles. The van der Waals surface area contributed by atoms with Crippen LogP contribution < -0.4 is 0 Å². The zero-order valence-corrected chi connectivity index (χ0v) is 22.4. The van der Waals surface area contributed by atoms with Crippen LogP contribution in [0.3, 0.4) is 0 Å². The first-order chi connectivity index (χ1) is 15.7. The minimum atomic E-state index is -0.346. The maximum atomic E-state index is 6.56. The van der Waals surface area contributed by atoms with E-state index in [1.165, 1.54) is 55.0 Å². The van der Waals surface area contributed by atoms with Crippen LogP contribution in [0, 0.1) is 34.0 Å². The van der Waals surface area contributed by atoms with Gasteiger partial charge in [0.05, 0.1) is 13.2 Å². The van der Waals surface area contributed by atoms with Gasteiger partial charge >= 0.3 is 0 Å². The topological polar surface area (TPSA) is 18.5 Å². The molecule has 0 radical (unpaired) electrons. The van der Waals surface area contributed by atoms with E-state index in [-0.39, 0.29) is 16.6 Å². The number of allylic oxidation sites excluding steroid dienone is 2. The van der Waals surface area contributed by atoms with Crippen LogP contribution in [0.5, 0.6) is 0 Å². The van der Waals surface area contributed by atoms with Gasteiger partial charge in [0.1, 0.15) is 0 Å². The average Bonchev–Trinajstić information content (AvgIpc) is 3.20. The van der Waals surface area contributed by atoms with Crippen molar-refractivity contribution in [2.75, 3.05) is 13.2 Å². The molecule has 4 fully saturated rings. The molecule has 3 heteroatoms. The highest BCUT2D eigenvalue weighted by Crippen LogP contribution is 2.66. The van der Waals surface area contributed by atoms with Crippen molar-refractivity contribution in [3.05, 3.63) is 46.0 Å².